The summed E-state index contributed by atoms with van der Waals surface area (Å²) in [4.78, 5) is 32.3. The van der Waals surface area contributed by atoms with Gasteiger partial charge < -0.3 is 34.5 Å². The number of phenols is 1. The van der Waals surface area contributed by atoms with Gasteiger partial charge in [0.2, 0.25) is 11.7 Å². The van der Waals surface area contributed by atoms with Gasteiger partial charge in [-0.3, -0.25) is 14.9 Å². The van der Waals surface area contributed by atoms with Crippen molar-refractivity contribution in [2.24, 2.45) is 28.8 Å². The maximum absolute atomic E-state index is 13.8. The van der Waals surface area contributed by atoms with Crippen molar-refractivity contribution in [3.63, 3.8) is 0 Å². The number of ether oxygens (including phenoxy) is 2. The molecule has 51 heavy (non-hydrogen) atoms. The number of non-ortho nitro benzene ring substituents is 1. The number of aliphatic hydroxyl groups excluding tert-OH is 2. The Bertz CT molecular complexity index is 1640. The van der Waals surface area contributed by atoms with Crippen molar-refractivity contribution in [3.8, 4) is 11.5 Å². The summed E-state index contributed by atoms with van der Waals surface area (Å²) in [7, 11) is 1.80. The molecule has 0 aromatic heterocycles. The molecule has 2 saturated carbocycles. The highest BCUT2D eigenvalue weighted by Crippen LogP contribution is 2.62. The molecule has 0 spiro atoms. The average molecular weight is 704 g/mol. The van der Waals surface area contributed by atoms with Gasteiger partial charge in [-0.25, -0.2) is 0 Å². The van der Waals surface area contributed by atoms with E-state index in [-0.39, 0.29) is 73.9 Å². The maximum atomic E-state index is 13.8. The van der Waals surface area contributed by atoms with E-state index >= 15 is 0 Å². The van der Waals surface area contributed by atoms with Crippen molar-refractivity contribution in [1.82, 2.24) is 4.90 Å². The second kappa shape index (κ2) is 16.0. The standard InChI is InChI=1S/C39H49N3O9/c1-3-20-49-39-35(41(2)38(46)26-12-13-26)23-33(40-50-24-25-10-14-28(15-11-25)42(47)48)31-21-27(8-4-6-18-43)30(9-5-7-19-44)36(37(31)39)32-22-29(45)16-17-34(32)51-39/h3,10-11,14-17,21-22,26-27,30,35-37,43-45H,1,4-9,12-13,18-20,23-24H2,2H3/t27-,30+,35-,36+,37+,39+/m0/s1. The minimum atomic E-state index is -1.32. The molecule has 0 radical (unpaired) electrons. The summed E-state index contributed by atoms with van der Waals surface area (Å²) in [6, 6.07) is 10.7. The second-order valence-electron chi connectivity index (χ2n) is 14.2. The Morgan fingerprint density at radius 3 is 2.51 bits per heavy atom. The molecule has 12 heteroatoms. The first-order chi connectivity index (χ1) is 24.7. The van der Waals surface area contributed by atoms with Gasteiger partial charge in [-0.15, -0.1) is 6.58 Å². The molecule has 3 aliphatic carbocycles. The molecule has 4 aliphatic rings. The molecule has 2 fully saturated rings. The van der Waals surface area contributed by atoms with Gasteiger partial charge in [-0.05, 0) is 91.8 Å². The summed E-state index contributed by atoms with van der Waals surface area (Å²) in [5.74, 6) is -1.18. The molecule has 3 N–H and O–H groups in total. The lowest BCUT2D eigenvalue weighted by molar-refractivity contribution is -0.384. The number of nitrogens with zero attached hydrogens (tertiary/aromatic N) is 3. The molecule has 2 aromatic rings. The molecule has 0 bridgehead atoms. The van der Waals surface area contributed by atoms with Crippen LogP contribution in [0.1, 0.15) is 74.8 Å². The fourth-order valence-electron chi connectivity index (χ4n) is 8.41. The van der Waals surface area contributed by atoms with Crippen molar-refractivity contribution in [1.29, 1.82) is 0 Å². The molecule has 1 aliphatic heterocycles. The van der Waals surface area contributed by atoms with E-state index in [1.165, 1.54) is 12.1 Å². The summed E-state index contributed by atoms with van der Waals surface area (Å²) < 4.78 is 13.9. The minimum Gasteiger partial charge on any atom is -0.508 e. The average Bonchev–Trinajstić information content (AvgIpc) is 3.98. The van der Waals surface area contributed by atoms with Crippen molar-refractivity contribution in [2.75, 3.05) is 26.9 Å². The highest BCUT2D eigenvalue weighted by molar-refractivity contribution is 6.03. The first-order valence-electron chi connectivity index (χ1n) is 18.1. The molecule has 0 saturated heterocycles. The van der Waals surface area contributed by atoms with Crippen LogP contribution in [0, 0.1) is 33.8 Å². The van der Waals surface area contributed by atoms with Crippen LogP contribution in [0.25, 0.3) is 0 Å². The largest absolute Gasteiger partial charge is 0.508 e. The van der Waals surface area contributed by atoms with E-state index in [1.807, 2.05) is 0 Å². The van der Waals surface area contributed by atoms with Gasteiger partial charge in [-0.2, -0.15) is 0 Å². The van der Waals surface area contributed by atoms with Crippen LogP contribution in [0.5, 0.6) is 11.5 Å². The van der Waals surface area contributed by atoms with Gasteiger partial charge in [0.15, 0.2) is 0 Å². The summed E-state index contributed by atoms with van der Waals surface area (Å²) in [6.07, 6.45) is 10.4. The highest BCUT2D eigenvalue weighted by Gasteiger charge is 2.65. The number of carbonyl (C=O) groups is 1. The fraction of sp³-hybridized carbons (Fsp3) is 0.538. The van der Waals surface area contributed by atoms with Crippen LogP contribution < -0.4 is 4.74 Å². The number of aromatic hydroxyl groups is 1. The third-order valence-electron chi connectivity index (χ3n) is 11.0. The molecule has 12 nitrogen and oxygen atoms in total. The zero-order chi connectivity index (χ0) is 36.1. The number of hydrogen-bond acceptors (Lipinski definition) is 10. The molecule has 1 heterocycles. The van der Waals surface area contributed by atoms with Crippen LogP contribution in [0.3, 0.4) is 0 Å². The smallest absolute Gasteiger partial charge is 0.269 e. The van der Waals surface area contributed by atoms with Crippen molar-refractivity contribution >= 4 is 17.3 Å². The number of oxime groups is 1. The summed E-state index contributed by atoms with van der Waals surface area (Å²) in [5, 5.41) is 46.2. The van der Waals surface area contributed by atoms with Crippen LogP contribution >= 0.6 is 0 Å². The third-order valence-corrected chi connectivity index (χ3v) is 11.0. The molecular formula is C39H49N3O9. The van der Waals surface area contributed by atoms with Gasteiger partial charge in [0.25, 0.3) is 5.69 Å². The predicted octanol–water partition coefficient (Wildman–Crippen LogP) is 6.00. The maximum Gasteiger partial charge on any atom is 0.269 e. The number of likely N-dealkylation sites (N-methyl/N-ethyl adjacent to an activating group) is 1. The first kappa shape index (κ1) is 36.5. The molecule has 274 valence electrons. The number of unbranched alkanes of at least 4 members (excludes halogenated alkanes) is 2. The lowest BCUT2D eigenvalue weighted by atomic mass is 9.55. The van der Waals surface area contributed by atoms with E-state index in [2.05, 4.69) is 12.7 Å². The number of fused-ring (bicyclic) bond motifs is 2. The van der Waals surface area contributed by atoms with Gasteiger partial charge >= 0.3 is 0 Å². The Labute approximate surface area is 298 Å². The van der Waals surface area contributed by atoms with Gasteiger partial charge in [-0.1, -0.05) is 30.1 Å². The van der Waals surface area contributed by atoms with E-state index in [9.17, 15) is 30.2 Å². The topological polar surface area (TPSA) is 164 Å². The van der Waals surface area contributed by atoms with E-state index in [1.54, 1.807) is 48.4 Å². The predicted molar refractivity (Wildman–Crippen MR) is 190 cm³/mol. The number of phenolic OH excluding ortho intramolecular Hbond substituents is 1. The Balaban J connectivity index is 1.50. The van der Waals surface area contributed by atoms with Crippen LogP contribution in [0.2, 0.25) is 0 Å². The molecule has 0 unspecified atom stereocenters. The minimum absolute atomic E-state index is 0.0118. The summed E-state index contributed by atoms with van der Waals surface area (Å²) >= 11 is 0. The number of hydrogen-bond donors (Lipinski definition) is 3. The van der Waals surface area contributed by atoms with E-state index < -0.39 is 22.7 Å². The van der Waals surface area contributed by atoms with Crippen LogP contribution in [0.15, 0.2) is 71.9 Å². The van der Waals surface area contributed by atoms with Gasteiger partial charge in [0, 0.05) is 56.2 Å². The zero-order valence-corrected chi connectivity index (χ0v) is 29.2. The first-order valence-corrected chi connectivity index (χ1v) is 18.1. The number of nitro groups is 1. The second-order valence-corrected chi connectivity index (χ2v) is 14.2. The quantitative estimate of drug-likeness (QED) is 0.0776. The van der Waals surface area contributed by atoms with Crippen LogP contribution in [0.4, 0.5) is 5.69 Å². The Hall–Kier alpha value is -4.26. The number of allylic oxidation sites excluding steroid dienone is 1. The number of amides is 1. The van der Waals surface area contributed by atoms with Crippen LogP contribution in [-0.4, -0.2) is 75.5 Å². The molecule has 2 aromatic carbocycles. The fourth-order valence-corrected chi connectivity index (χ4v) is 8.41. The number of benzene rings is 2. The van der Waals surface area contributed by atoms with Crippen molar-refractivity contribution in [2.45, 2.75) is 82.1 Å². The lowest BCUT2D eigenvalue weighted by Gasteiger charge is -2.59. The van der Waals surface area contributed by atoms with Gasteiger partial charge in [0.05, 0.1) is 23.2 Å². The Kier molecular flexibility index (Phi) is 11.4. The third kappa shape index (κ3) is 7.54. The number of rotatable bonds is 17. The number of aliphatic hydroxyl groups is 2. The summed E-state index contributed by atoms with van der Waals surface area (Å²) in [5.41, 5.74) is 3.12. The molecular weight excluding hydrogens is 654 g/mol. The number of carbonyl (C=O) groups excluding carboxylic acids is 1. The van der Waals surface area contributed by atoms with Gasteiger partial charge in [0.1, 0.15) is 24.1 Å². The van der Waals surface area contributed by atoms with Crippen LogP contribution in [-0.2, 0) is 21.0 Å². The van der Waals surface area contributed by atoms with E-state index in [0.29, 0.717) is 29.9 Å². The highest BCUT2D eigenvalue weighted by atomic mass is 16.7. The Morgan fingerprint density at radius 2 is 1.84 bits per heavy atom. The SMILES string of the molecule is C=CCO[C@@]12Oc3ccc(O)cc3[C@H]3[C@H](CCCCO)[C@@H](CCCCO)C=C(C(=NOCc4ccc([N+](=O)[O-])cc4)C[C@@H]1N(C)C(=O)C1CC1)[C@H]32. The summed E-state index contributed by atoms with van der Waals surface area (Å²) in [6.45, 7) is 4.37. The van der Waals surface area contributed by atoms with E-state index in [0.717, 1.165) is 49.7 Å². The van der Waals surface area contributed by atoms with Crippen molar-refractivity contribution < 1.29 is 39.3 Å². The molecule has 6 atom stereocenters. The normalized spacial score (nSPS) is 27.1. The monoisotopic (exact) mass is 703 g/mol. The lowest BCUT2D eigenvalue weighted by Crippen LogP contribution is -2.69. The zero-order valence-electron chi connectivity index (χ0n) is 29.2. The molecule has 6 rings (SSSR count). The van der Waals surface area contributed by atoms with E-state index in [4.69, 9.17) is 19.5 Å². The van der Waals surface area contributed by atoms with Crippen molar-refractivity contribution in [3.05, 3.63) is 88.0 Å². The Morgan fingerprint density at radius 1 is 1.12 bits per heavy atom. The number of nitro benzene ring substituents is 1. The molecule has 1 amide bonds.